The molecule has 0 saturated heterocycles. The Morgan fingerprint density at radius 3 is 2.50 bits per heavy atom. The van der Waals surface area contributed by atoms with E-state index < -0.39 is 4.92 Å². The largest absolute Gasteiger partial charge is 0.378 e. The first kappa shape index (κ1) is 17.5. The van der Waals surface area contributed by atoms with E-state index in [4.69, 9.17) is 0 Å². The monoisotopic (exact) mass is 327 g/mol. The Bertz CT molecular complexity index is 712. The van der Waals surface area contributed by atoms with Gasteiger partial charge in [-0.05, 0) is 36.6 Å². The highest BCUT2D eigenvalue weighted by molar-refractivity contribution is 5.94. The SMILES string of the molecule is CN(C)c1ccc(CCCNC(=O)c2cccc([N+](=O)[O-])c2)cc1. The Balaban J connectivity index is 1.80. The number of benzene rings is 2. The Morgan fingerprint density at radius 2 is 1.88 bits per heavy atom. The third kappa shape index (κ3) is 4.81. The molecule has 0 aliphatic carbocycles. The molecule has 2 rings (SSSR count). The number of carbonyl (C=O) groups is 1. The van der Waals surface area contributed by atoms with Crippen molar-refractivity contribution < 1.29 is 9.72 Å². The molecule has 2 aromatic rings. The zero-order valence-electron chi connectivity index (χ0n) is 13.9. The number of nitro groups is 1. The van der Waals surface area contributed by atoms with Crippen molar-refractivity contribution in [3.63, 3.8) is 0 Å². The summed E-state index contributed by atoms with van der Waals surface area (Å²) in [5.74, 6) is -0.290. The molecule has 2 aromatic carbocycles. The number of anilines is 1. The average molecular weight is 327 g/mol. The normalized spacial score (nSPS) is 10.2. The van der Waals surface area contributed by atoms with E-state index in [2.05, 4.69) is 29.6 Å². The van der Waals surface area contributed by atoms with E-state index in [0.29, 0.717) is 12.1 Å². The lowest BCUT2D eigenvalue weighted by Crippen LogP contribution is -2.24. The predicted octanol–water partition coefficient (Wildman–Crippen LogP) is 3.02. The maximum atomic E-state index is 12.0. The fraction of sp³-hybridized carbons (Fsp3) is 0.278. The summed E-state index contributed by atoms with van der Waals surface area (Å²) in [6, 6.07) is 14.0. The second-order valence-electron chi connectivity index (χ2n) is 5.73. The molecule has 6 heteroatoms. The van der Waals surface area contributed by atoms with Crippen molar-refractivity contribution in [2.75, 3.05) is 25.5 Å². The van der Waals surface area contributed by atoms with Gasteiger partial charge in [0, 0.05) is 44.0 Å². The van der Waals surface area contributed by atoms with E-state index in [1.54, 1.807) is 6.07 Å². The summed E-state index contributed by atoms with van der Waals surface area (Å²) in [5, 5.41) is 13.5. The van der Waals surface area contributed by atoms with Crippen molar-refractivity contribution >= 4 is 17.3 Å². The van der Waals surface area contributed by atoms with Crippen LogP contribution < -0.4 is 10.2 Å². The van der Waals surface area contributed by atoms with Crippen molar-refractivity contribution in [1.82, 2.24) is 5.32 Å². The van der Waals surface area contributed by atoms with Crippen LogP contribution in [0, 0.1) is 10.1 Å². The fourth-order valence-electron chi connectivity index (χ4n) is 2.32. The van der Waals surface area contributed by atoms with Crippen LogP contribution >= 0.6 is 0 Å². The number of hydrogen-bond acceptors (Lipinski definition) is 4. The van der Waals surface area contributed by atoms with Crippen LogP contribution in [-0.2, 0) is 6.42 Å². The second kappa shape index (κ2) is 8.10. The van der Waals surface area contributed by atoms with Crippen LogP contribution in [0.15, 0.2) is 48.5 Å². The minimum atomic E-state index is -0.506. The Morgan fingerprint density at radius 1 is 1.17 bits per heavy atom. The van der Waals surface area contributed by atoms with E-state index in [1.807, 2.05) is 19.0 Å². The molecule has 0 saturated carbocycles. The van der Waals surface area contributed by atoms with Gasteiger partial charge in [0.15, 0.2) is 0 Å². The molecular weight excluding hydrogens is 306 g/mol. The van der Waals surface area contributed by atoms with Gasteiger partial charge < -0.3 is 10.2 Å². The van der Waals surface area contributed by atoms with Gasteiger partial charge >= 0.3 is 0 Å². The zero-order valence-corrected chi connectivity index (χ0v) is 13.9. The summed E-state index contributed by atoms with van der Waals surface area (Å²) < 4.78 is 0. The van der Waals surface area contributed by atoms with Crippen LogP contribution in [0.3, 0.4) is 0 Å². The molecule has 1 N–H and O–H groups in total. The number of nitrogens with zero attached hydrogens (tertiary/aromatic N) is 2. The molecule has 0 bridgehead atoms. The van der Waals surface area contributed by atoms with Crippen molar-refractivity contribution in [3.05, 3.63) is 69.8 Å². The lowest BCUT2D eigenvalue weighted by molar-refractivity contribution is -0.384. The van der Waals surface area contributed by atoms with Gasteiger partial charge in [-0.3, -0.25) is 14.9 Å². The predicted molar refractivity (Wildman–Crippen MR) is 94.5 cm³/mol. The third-order valence-electron chi connectivity index (χ3n) is 3.70. The van der Waals surface area contributed by atoms with Crippen LogP contribution in [0.25, 0.3) is 0 Å². The van der Waals surface area contributed by atoms with Crippen LogP contribution in [-0.4, -0.2) is 31.5 Å². The summed E-state index contributed by atoms with van der Waals surface area (Å²) in [7, 11) is 4.00. The van der Waals surface area contributed by atoms with Gasteiger partial charge in [-0.15, -0.1) is 0 Å². The lowest BCUT2D eigenvalue weighted by atomic mass is 10.1. The highest BCUT2D eigenvalue weighted by atomic mass is 16.6. The van der Waals surface area contributed by atoms with Gasteiger partial charge in [0.05, 0.1) is 4.92 Å². The van der Waals surface area contributed by atoms with Gasteiger partial charge in [-0.2, -0.15) is 0 Å². The van der Waals surface area contributed by atoms with E-state index in [1.165, 1.54) is 23.8 Å². The van der Waals surface area contributed by atoms with Crippen molar-refractivity contribution in [3.8, 4) is 0 Å². The number of nitrogens with one attached hydrogen (secondary N) is 1. The number of hydrogen-bond donors (Lipinski definition) is 1. The first-order valence-electron chi connectivity index (χ1n) is 7.76. The Labute approximate surface area is 141 Å². The minimum absolute atomic E-state index is 0.0800. The Hall–Kier alpha value is -2.89. The molecule has 1 amide bonds. The first-order valence-corrected chi connectivity index (χ1v) is 7.76. The molecule has 0 unspecified atom stereocenters. The van der Waals surface area contributed by atoms with Gasteiger partial charge in [0.25, 0.3) is 11.6 Å². The molecule has 0 aromatic heterocycles. The quantitative estimate of drug-likeness (QED) is 0.482. The van der Waals surface area contributed by atoms with Crippen LogP contribution in [0.1, 0.15) is 22.3 Å². The molecule has 126 valence electrons. The molecule has 0 fully saturated rings. The number of rotatable bonds is 7. The Kier molecular flexibility index (Phi) is 5.89. The summed E-state index contributed by atoms with van der Waals surface area (Å²) in [6.45, 7) is 0.525. The molecule has 6 nitrogen and oxygen atoms in total. The van der Waals surface area contributed by atoms with Crippen molar-refractivity contribution in [1.29, 1.82) is 0 Å². The minimum Gasteiger partial charge on any atom is -0.378 e. The van der Waals surface area contributed by atoms with Crippen molar-refractivity contribution in [2.45, 2.75) is 12.8 Å². The molecule has 0 radical (unpaired) electrons. The first-order chi connectivity index (χ1) is 11.5. The number of aryl methyl sites for hydroxylation is 1. The zero-order chi connectivity index (χ0) is 17.5. The van der Waals surface area contributed by atoms with E-state index in [0.717, 1.165) is 18.5 Å². The van der Waals surface area contributed by atoms with Crippen LogP contribution in [0.4, 0.5) is 11.4 Å². The van der Waals surface area contributed by atoms with E-state index >= 15 is 0 Å². The van der Waals surface area contributed by atoms with Crippen molar-refractivity contribution in [2.24, 2.45) is 0 Å². The summed E-state index contributed by atoms with van der Waals surface area (Å²) in [5.41, 5.74) is 2.59. The number of nitro benzene ring substituents is 1. The number of non-ortho nitro benzene ring substituents is 1. The van der Waals surface area contributed by atoms with Gasteiger partial charge in [0.1, 0.15) is 0 Å². The lowest BCUT2D eigenvalue weighted by Gasteiger charge is -2.12. The summed E-state index contributed by atoms with van der Waals surface area (Å²) >= 11 is 0. The maximum Gasteiger partial charge on any atom is 0.270 e. The van der Waals surface area contributed by atoms with Gasteiger partial charge in [-0.25, -0.2) is 0 Å². The average Bonchev–Trinajstić information content (AvgIpc) is 2.59. The van der Waals surface area contributed by atoms with E-state index in [9.17, 15) is 14.9 Å². The molecule has 0 spiro atoms. The maximum absolute atomic E-state index is 12.0. The van der Waals surface area contributed by atoms with Gasteiger partial charge in [-0.1, -0.05) is 18.2 Å². The molecule has 0 heterocycles. The molecule has 0 aliphatic rings. The summed E-state index contributed by atoms with van der Waals surface area (Å²) in [4.78, 5) is 24.3. The molecule has 0 aliphatic heterocycles. The number of amides is 1. The van der Waals surface area contributed by atoms with Crippen LogP contribution in [0.5, 0.6) is 0 Å². The summed E-state index contributed by atoms with van der Waals surface area (Å²) in [6.07, 6.45) is 1.67. The highest BCUT2D eigenvalue weighted by Gasteiger charge is 2.10. The highest BCUT2D eigenvalue weighted by Crippen LogP contribution is 2.14. The third-order valence-corrected chi connectivity index (χ3v) is 3.70. The molecule has 24 heavy (non-hydrogen) atoms. The molecule has 0 atom stereocenters. The smallest absolute Gasteiger partial charge is 0.270 e. The molecular formula is C18H21N3O3. The fourth-order valence-corrected chi connectivity index (χ4v) is 2.32. The van der Waals surface area contributed by atoms with Gasteiger partial charge in [0.2, 0.25) is 0 Å². The topological polar surface area (TPSA) is 75.5 Å². The van der Waals surface area contributed by atoms with Crippen LogP contribution in [0.2, 0.25) is 0 Å². The second-order valence-corrected chi connectivity index (χ2v) is 5.73. The number of carbonyl (C=O) groups excluding carboxylic acids is 1. The van der Waals surface area contributed by atoms with E-state index in [-0.39, 0.29) is 11.6 Å². The standard InChI is InChI=1S/C18H21N3O3/c1-20(2)16-10-8-14(9-11-16)5-4-12-19-18(22)15-6-3-7-17(13-15)21(23)24/h3,6-11,13H,4-5,12H2,1-2H3,(H,19,22).